The van der Waals surface area contributed by atoms with Gasteiger partial charge in [-0.05, 0) is 63.4 Å². The summed E-state index contributed by atoms with van der Waals surface area (Å²) in [5.41, 5.74) is 4.16. The molecule has 2 aliphatic rings. The number of piperazine rings is 1. The number of rotatable bonds is 5. The number of amides is 2. The van der Waals surface area contributed by atoms with Crippen molar-refractivity contribution in [1.82, 2.24) is 15.2 Å². The second-order valence-electron chi connectivity index (χ2n) is 11.0. The van der Waals surface area contributed by atoms with Crippen molar-refractivity contribution in [2.75, 3.05) is 36.4 Å². The van der Waals surface area contributed by atoms with Gasteiger partial charge in [-0.25, -0.2) is 4.79 Å². The number of ether oxygens (including phenoxy) is 1. The molecule has 2 aromatic carbocycles. The van der Waals surface area contributed by atoms with Gasteiger partial charge >= 0.3 is 6.09 Å². The van der Waals surface area contributed by atoms with Gasteiger partial charge in [-0.2, -0.15) is 0 Å². The number of aromatic amines is 1. The fourth-order valence-corrected chi connectivity index (χ4v) is 5.57. The summed E-state index contributed by atoms with van der Waals surface area (Å²) in [6.45, 7) is 8.79. The summed E-state index contributed by atoms with van der Waals surface area (Å²) in [4.78, 5) is 33.4. The zero-order valence-corrected chi connectivity index (χ0v) is 21.9. The predicted molar refractivity (Wildman–Crippen MR) is 147 cm³/mol. The van der Waals surface area contributed by atoms with E-state index in [4.69, 9.17) is 4.74 Å². The first-order valence-electron chi connectivity index (χ1n) is 13.2. The van der Waals surface area contributed by atoms with Crippen LogP contribution in [0.1, 0.15) is 39.2 Å². The molecule has 2 amide bonds. The molecular formula is C29H37N5O3. The van der Waals surface area contributed by atoms with Gasteiger partial charge in [0.1, 0.15) is 5.60 Å². The molecule has 1 fully saturated rings. The molecule has 8 heteroatoms. The largest absolute Gasteiger partial charge is 0.444 e. The zero-order chi connectivity index (χ0) is 26.0. The maximum absolute atomic E-state index is 13.0. The molecule has 1 saturated heterocycles. The average molecular weight is 504 g/mol. The number of hydrogen-bond acceptors (Lipinski definition) is 6. The average Bonchev–Trinajstić information content (AvgIpc) is 3.35. The SMILES string of the molecule is CC(C)(C)OC(=O)NC(=O)CC(C1CCc2ccccc2N1)N1CCN(c2cccc3[nH]ccc23)CC1. The zero-order valence-electron chi connectivity index (χ0n) is 21.9. The van der Waals surface area contributed by atoms with Crippen LogP contribution in [0.25, 0.3) is 10.9 Å². The van der Waals surface area contributed by atoms with Crippen LogP contribution >= 0.6 is 0 Å². The molecule has 8 nitrogen and oxygen atoms in total. The molecule has 1 aromatic heterocycles. The highest BCUT2D eigenvalue weighted by atomic mass is 16.6. The molecule has 0 saturated carbocycles. The lowest BCUT2D eigenvalue weighted by atomic mass is 9.90. The van der Waals surface area contributed by atoms with Gasteiger partial charge in [0.15, 0.2) is 0 Å². The second kappa shape index (κ2) is 10.5. The highest BCUT2D eigenvalue weighted by Gasteiger charge is 2.34. The molecule has 0 aliphatic carbocycles. The molecule has 196 valence electrons. The number of imide groups is 1. The Labute approximate surface area is 218 Å². The minimum atomic E-state index is -0.692. The van der Waals surface area contributed by atoms with E-state index in [0.717, 1.165) is 50.2 Å². The number of hydrogen-bond donors (Lipinski definition) is 3. The van der Waals surface area contributed by atoms with Crippen LogP contribution in [0.5, 0.6) is 0 Å². The normalized spacial score (nSPS) is 19.1. The first-order valence-corrected chi connectivity index (χ1v) is 13.2. The highest BCUT2D eigenvalue weighted by Crippen LogP contribution is 2.31. The lowest BCUT2D eigenvalue weighted by molar-refractivity contribution is -0.122. The monoisotopic (exact) mass is 503 g/mol. The summed E-state index contributed by atoms with van der Waals surface area (Å²) < 4.78 is 5.31. The Bertz CT molecular complexity index is 1260. The summed E-state index contributed by atoms with van der Waals surface area (Å²) >= 11 is 0. The number of benzene rings is 2. The van der Waals surface area contributed by atoms with Gasteiger partial charge in [0, 0.05) is 73.2 Å². The Morgan fingerprint density at radius 1 is 1.05 bits per heavy atom. The molecule has 2 unspecified atom stereocenters. The van der Waals surface area contributed by atoms with Crippen LogP contribution in [0.4, 0.5) is 16.2 Å². The summed E-state index contributed by atoms with van der Waals surface area (Å²) in [5, 5.41) is 7.38. The molecule has 37 heavy (non-hydrogen) atoms. The minimum absolute atomic E-state index is 0.0407. The number of carbonyl (C=O) groups is 2. The van der Waals surface area contributed by atoms with E-state index < -0.39 is 11.7 Å². The maximum Gasteiger partial charge on any atom is 0.414 e. The van der Waals surface area contributed by atoms with E-state index in [0.29, 0.717) is 0 Å². The van der Waals surface area contributed by atoms with Crippen LogP contribution in [0, 0.1) is 0 Å². The number of aryl methyl sites for hydroxylation is 1. The van der Waals surface area contributed by atoms with Crippen molar-refractivity contribution in [2.45, 2.75) is 57.7 Å². The van der Waals surface area contributed by atoms with Gasteiger partial charge in [-0.15, -0.1) is 0 Å². The van der Waals surface area contributed by atoms with Crippen LogP contribution < -0.4 is 15.5 Å². The van der Waals surface area contributed by atoms with E-state index in [1.807, 2.05) is 12.3 Å². The lowest BCUT2D eigenvalue weighted by Gasteiger charge is -2.44. The number of alkyl carbamates (subject to hydrolysis) is 1. The van der Waals surface area contributed by atoms with E-state index in [9.17, 15) is 9.59 Å². The summed E-state index contributed by atoms with van der Waals surface area (Å²) in [6, 6.07) is 16.9. The van der Waals surface area contributed by atoms with E-state index in [1.54, 1.807) is 20.8 Å². The number of aromatic nitrogens is 1. The van der Waals surface area contributed by atoms with Crippen LogP contribution in [-0.4, -0.2) is 65.7 Å². The Hall–Kier alpha value is -3.52. The summed E-state index contributed by atoms with van der Waals surface area (Å²) in [7, 11) is 0. The third-order valence-electron chi connectivity index (χ3n) is 7.28. The first kappa shape index (κ1) is 25.1. The van der Waals surface area contributed by atoms with E-state index in [1.165, 1.54) is 16.6 Å². The van der Waals surface area contributed by atoms with Crippen LogP contribution in [0.3, 0.4) is 0 Å². The number of nitrogens with zero attached hydrogens (tertiary/aromatic N) is 2. The molecule has 2 atom stereocenters. The summed E-state index contributed by atoms with van der Waals surface area (Å²) in [5.74, 6) is -0.306. The maximum atomic E-state index is 13.0. The number of fused-ring (bicyclic) bond motifs is 2. The fraction of sp³-hybridized carbons (Fsp3) is 0.448. The highest BCUT2D eigenvalue weighted by molar-refractivity contribution is 5.93. The van der Waals surface area contributed by atoms with Gasteiger partial charge in [0.25, 0.3) is 0 Å². The third kappa shape index (κ3) is 5.91. The Kier molecular flexibility index (Phi) is 7.11. The topological polar surface area (TPSA) is 89.7 Å². The molecule has 3 N–H and O–H groups in total. The van der Waals surface area contributed by atoms with E-state index in [-0.39, 0.29) is 24.4 Å². The smallest absolute Gasteiger partial charge is 0.414 e. The van der Waals surface area contributed by atoms with Crippen LogP contribution in [-0.2, 0) is 16.0 Å². The second-order valence-corrected chi connectivity index (χ2v) is 11.0. The van der Waals surface area contributed by atoms with Gasteiger partial charge in [-0.1, -0.05) is 24.3 Å². The van der Waals surface area contributed by atoms with Gasteiger partial charge < -0.3 is 19.9 Å². The number of anilines is 2. The van der Waals surface area contributed by atoms with Gasteiger partial charge in [0.2, 0.25) is 5.91 Å². The standard InChI is InChI=1S/C29H37N5O3/c1-29(2,3)37-28(36)32-27(35)19-26(24-12-11-20-7-4-5-8-22(20)31-24)34-17-15-33(16-18-34)25-10-6-9-23-21(25)13-14-30-23/h4-10,13-14,24,26,30-31H,11-12,15-19H2,1-3H3,(H,32,35,36). The lowest BCUT2D eigenvalue weighted by Crippen LogP contribution is -2.57. The Morgan fingerprint density at radius 2 is 1.84 bits per heavy atom. The quantitative estimate of drug-likeness (QED) is 0.474. The molecule has 3 heterocycles. The molecule has 3 aromatic rings. The predicted octanol–water partition coefficient (Wildman–Crippen LogP) is 4.53. The van der Waals surface area contributed by atoms with Crippen LogP contribution in [0.15, 0.2) is 54.7 Å². The third-order valence-corrected chi connectivity index (χ3v) is 7.28. The molecular weight excluding hydrogens is 466 g/mol. The van der Waals surface area contributed by atoms with E-state index in [2.05, 4.69) is 67.9 Å². The molecule has 0 spiro atoms. The molecule has 0 bridgehead atoms. The number of nitrogens with one attached hydrogen (secondary N) is 3. The van der Waals surface area contributed by atoms with Crippen molar-refractivity contribution in [2.24, 2.45) is 0 Å². The first-order chi connectivity index (χ1) is 17.8. The number of carbonyl (C=O) groups excluding carboxylic acids is 2. The Balaban J connectivity index is 1.30. The minimum Gasteiger partial charge on any atom is -0.444 e. The Morgan fingerprint density at radius 3 is 2.62 bits per heavy atom. The van der Waals surface area contributed by atoms with Gasteiger partial charge in [0.05, 0.1) is 0 Å². The van der Waals surface area contributed by atoms with Crippen molar-refractivity contribution in [3.63, 3.8) is 0 Å². The number of H-pyrrole nitrogens is 1. The number of para-hydroxylation sites is 1. The fourth-order valence-electron chi connectivity index (χ4n) is 5.57. The van der Waals surface area contributed by atoms with Crippen molar-refractivity contribution >= 4 is 34.3 Å². The summed E-state index contributed by atoms with van der Waals surface area (Å²) in [6.07, 6.45) is 3.42. The van der Waals surface area contributed by atoms with E-state index >= 15 is 0 Å². The molecule has 5 rings (SSSR count). The van der Waals surface area contributed by atoms with Crippen molar-refractivity contribution in [3.05, 3.63) is 60.3 Å². The molecule has 2 aliphatic heterocycles. The van der Waals surface area contributed by atoms with Crippen LogP contribution in [0.2, 0.25) is 0 Å². The van der Waals surface area contributed by atoms with Crippen molar-refractivity contribution < 1.29 is 14.3 Å². The van der Waals surface area contributed by atoms with Crippen molar-refractivity contribution in [3.8, 4) is 0 Å². The van der Waals surface area contributed by atoms with Crippen molar-refractivity contribution in [1.29, 1.82) is 0 Å². The molecule has 0 radical (unpaired) electrons. The van der Waals surface area contributed by atoms with Gasteiger partial charge in [-0.3, -0.25) is 15.0 Å².